The van der Waals surface area contributed by atoms with Crippen molar-refractivity contribution < 1.29 is 0 Å². The second-order valence-corrected chi connectivity index (χ2v) is 4.46. The van der Waals surface area contributed by atoms with Crippen molar-refractivity contribution in [1.29, 1.82) is 0 Å². The molecule has 0 aromatic heterocycles. The predicted octanol–water partition coefficient (Wildman–Crippen LogP) is 0.114. The zero-order valence-corrected chi connectivity index (χ0v) is 8.58. The Labute approximate surface area is 80.9 Å². The van der Waals surface area contributed by atoms with Crippen molar-refractivity contribution >= 4 is 0 Å². The summed E-state index contributed by atoms with van der Waals surface area (Å²) in [4.78, 5) is 5.12. The summed E-state index contributed by atoms with van der Waals surface area (Å²) in [6, 6.07) is 1.27. The zero-order chi connectivity index (χ0) is 9.26. The molecule has 0 spiro atoms. The van der Waals surface area contributed by atoms with Crippen molar-refractivity contribution in [2.75, 3.05) is 32.7 Å². The Morgan fingerprint density at radius 3 is 2.69 bits per heavy atom. The molecule has 2 aliphatic heterocycles. The largest absolute Gasteiger partial charge is 0.325 e. The van der Waals surface area contributed by atoms with Gasteiger partial charge < -0.3 is 10.6 Å². The maximum absolute atomic E-state index is 5.77. The lowest BCUT2D eigenvalue weighted by Crippen LogP contribution is -2.59. The molecule has 0 saturated carbocycles. The maximum atomic E-state index is 5.77. The minimum absolute atomic E-state index is 0.459. The molecule has 2 aliphatic rings. The molecule has 2 rings (SSSR count). The van der Waals surface area contributed by atoms with Crippen molar-refractivity contribution in [3.63, 3.8) is 0 Å². The van der Waals surface area contributed by atoms with Crippen LogP contribution in [0.4, 0.5) is 0 Å². The van der Waals surface area contributed by atoms with Crippen molar-refractivity contribution in [1.82, 2.24) is 9.80 Å². The Hall–Kier alpha value is -0.120. The molecule has 0 amide bonds. The van der Waals surface area contributed by atoms with Crippen molar-refractivity contribution in [2.24, 2.45) is 5.73 Å². The molecule has 0 aromatic rings. The van der Waals surface area contributed by atoms with Crippen molar-refractivity contribution in [3.05, 3.63) is 0 Å². The average Bonchev–Trinajstić information content (AvgIpc) is 2.48. The Balaban J connectivity index is 1.72. The first-order chi connectivity index (χ1) is 6.29. The van der Waals surface area contributed by atoms with E-state index in [-0.39, 0.29) is 0 Å². The molecule has 0 aromatic carbocycles. The average molecular weight is 183 g/mol. The first-order valence-corrected chi connectivity index (χ1v) is 5.51. The summed E-state index contributed by atoms with van der Waals surface area (Å²) in [6.07, 6.45) is 2.64. The van der Waals surface area contributed by atoms with Crippen LogP contribution in [0.15, 0.2) is 0 Å². The second-order valence-electron chi connectivity index (χ2n) is 4.46. The van der Waals surface area contributed by atoms with Gasteiger partial charge in [-0.2, -0.15) is 0 Å². The summed E-state index contributed by atoms with van der Waals surface area (Å²) < 4.78 is 0. The molecule has 1 atom stereocenters. The van der Waals surface area contributed by atoms with E-state index in [9.17, 15) is 0 Å². The number of rotatable bonds is 3. The van der Waals surface area contributed by atoms with Crippen LogP contribution in [0.25, 0.3) is 0 Å². The van der Waals surface area contributed by atoms with Crippen molar-refractivity contribution in [2.45, 2.75) is 31.8 Å². The van der Waals surface area contributed by atoms with Crippen LogP contribution >= 0.6 is 0 Å². The molecule has 13 heavy (non-hydrogen) atoms. The van der Waals surface area contributed by atoms with E-state index in [4.69, 9.17) is 5.73 Å². The molecule has 0 aliphatic carbocycles. The Morgan fingerprint density at radius 2 is 2.08 bits per heavy atom. The lowest BCUT2D eigenvalue weighted by atomic mass is 10.1. The second kappa shape index (κ2) is 3.95. The standard InChI is InChI=1S/C10H21N3/c1-2-4-12-5-3-10(8-12)13-6-9(11)7-13/h9-10H,2-8,11H2,1H3. The molecular formula is C10H21N3. The minimum atomic E-state index is 0.459. The third-order valence-corrected chi connectivity index (χ3v) is 3.24. The van der Waals surface area contributed by atoms with E-state index in [1.807, 2.05) is 0 Å². The molecule has 3 heteroatoms. The van der Waals surface area contributed by atoms with Gasteiger partial charge in [0.1, 0.15) is 0 Å². The van der Waals surface area contributed by atoms with Gasteiger partial charge in [0, 0.05) is 31.7 Å². The van der Waals surface area contributed by atoms with Gasteiger partial charge in [-0.3, -0.25) is 4.90 Å². The van der Waals surface area contributed by atoms with E-state index >= 15 is 0 Å². The quantitative estimate of drug-likeness (QED) is 0.674. The van der Waals surface area contributed by atoms with E-state index < -0.39 is 0 Å². The Kier molecular flexibility index (Phi) is 2.86. The van der Waals surface area contributed by atoms with E-state index in [2.05, 4.69) is 16.7 Å². The fraction of sp³-hybridized carbons (Fsp3) is 1.00. The summed E-state index contributed by atoms with van der Waals surface area (Å²) in [7, 11) is 0. The zero-order valence-electron chi connectivity index (χ0n) is 8.58. The highest BCUT2D eigenvalue weighted by Crippen LogP contribution is 2.20. The molecular weight excluding hydrogens is 162 g/mol. The van der Waals surface area contributed by atoms with Crippen LogP contribution in [0.3, 0.4) is 0 Å². The van der Waals surface area contributed by atoms with Crippen LogP contribution < -0.4 is 5.73 Å². The van der Waals surface area contributed by atoms with Gasteiger partial charge in [0.25, 0.3) is 0 Å². The molecule has 2 fully saturated rings. The molecule has 0 bridgehead atoms. The first kappa shape index (κ1) is 9.44. The van der Waals surface area contributed by atoms with Crippen LogP contribution in [0.1, 0.15) is 19.8 Å². The van der Waals surface area contributed by atoms with Gasteiger partial charge in [-0.05, 0) is 25.9 Å². The highest BCUT2D eigenvalue weighted by Gasteiger charge is 2.33. The number of nitrogens with zero attached hydrogens (tertiary/aromatic N) is 2. The highest BCUT2D eigenvalue weighted by molar-refractivity contribution is 4.92. The molecule has 2 N–H and O–H groups in total. The monoisotopic (exact) mass is 183 g/mol. The Bertz CT molecular complexity index is 166. The highest BCUT2D eigenvalue weighted by atomic mass is 15.3. The number of hydrogen-bond donors (Lipinski definition) is 1. The predicted molar refractivity (Wildman–Crippen MR) is 54.7 cm³/mol. The van der Waals surface area contributed by atoms with E-state index in [0.29, 0.717) is 6.04 Å². The van der Waals surface area contributed by atoms with Crippen LogP contribution in [-0.4, -0.2) is 54.6 Å². The van der Waals surface area contributed by atoms with E-state index in [1.165, 1.54) is 32.5 Å². The lowest BCUT2D eigenvalue weighted by molar-refractivity contribution is 0.0966. The van der Waals surface area contributed by atoms with Crippen LogP contribution in [0, 0.1) is 0 Å². The number of nitrogens with two attached hydrogens (primary N) is 1. The summed E-state index contributed by atoms with van der Waals surface area (Å²) >= 11 is 0. The van der Waals surface area contributed by atoms with Gasteiger partial charge >= 0.3 is 0 Å². The normalized spacial score (nSPS) is 32.3. The summed E-state index contributed by atoms with van der Waals surface area (Å²) in [6.45, 7) is 8.36. The molecule has 3 nitrogen and oxygen atoms in total. The minimum Gasteiger partial charge on any atom is -0.325 e. The lowest BCUT2D eigenvalue weighted by Gasteiger charge is -2.41. The summed E-state index contributed by atoms with van der Waals surface area (Å²) in [5, 5.41) is 0. The van der Waals surface area contributed by atoms with Gasteiger partial charge in [0.05, 0.1) is 0 Å². The van der Waals surface area contributed by atoms with Crippen LogP contribution in [0.2, 0.25) is 0 Å². The van der Waals surface area contributed by atoms with Gasteiger partial charge in [-0.15, -0.1) is 0 Å². The van der Waals surface area contributed by atoms with Crippen molar-refractivity contribution in [3.8, 4) is 0 Å². The van der Waals surface area contributed by atoms with Gasteiger partial charge in [-0.1, -0.05) is 6.92 Å². The van der Waals surface area contributed by atoms with E-state index in [1.54, 1.807) is 0 Å². The van der Waals surface area contributed by atoms with E-state index in [0.717, 1.165) is 19.1 Å². The fourth-order valence-corrected chi connectivity index (χ4v) is 2.48. The van der Waals surface area contributed by atoms with Gasteiger partial charge in [0.2, 0.25) is 0 Å². The number of likely N-dealkylation sites (tertiary alicyclic amines) is 2. The SMILES string of the molecule is CCCN1CCC(N2CC(N)C2)C1. The smallest absolute Gasteiger partial charge is 0.0297 e. The third kappa shape index (κ3) is 2.03. The fourth-order valence-electron chi connectivity index (χ4n) is 2.48. The molecule has 2 heterocycles. The van der Waals surface area contributed by atoms with Gasteiger partial charge in [0.15, 0.2) is 0 Å². The topological polar surface area (TPSA) is 32.5 Å². The van der Waals surface area contributed by atoms with Crippen LogP contribution in [-0.2, 0) is 0 Å². The van der Waals surface area contributed by atoms with Gasteiger partial charge in [-0.25, -0.2) is 0 Å². The first-order valence-electron chi connectivity index (χ1n) is 5.51. The Morgan fingerprint density at radius 1 is 1.31 bits per heavy atom. The molecule has 76 valence electrons. The number of hydrogen-bond acceptors (Lipinski definition) is 3. The summed E-state index contributed by atoms with van der Waals surface area (Å²) in [5.74, 6) is 0. The molecule has 1 unspecified atom stereocenters. The molecule has 2 saturated heterocycles. The summed E-state index contributed by atoms with van der Waals surface area (Å²) in [5.41, 5.74) is 5.77. The third-order valence-electron chi connectivity index (χ3n) is 3.24. The maximum Gasteiger partial charge on any atom is 0.0297 e. The van der Waals surface area contributed by atoms with Crippen LogP contribution in [0.5, 0.6) is 0 Å². The molecule has 0 radical (unpaired) electrons.